The molecule has 0 radical (unpaired) electrons. The monoisotopic (exact) mass is 346 g/mol. The summed E-state index contributed by atoms with van der Waals surface area (Å²) in [6.07, 6.45) is 10.1. The first-order valence-electron chi connectivity index (χ1n) is 9.39. The Hall–Kier alpha value is -2.66. The van der Waals surface area contributed by atoms with Crippen LogP contribution in [0.4, 0.5) is 0 Å². The third-order valence-electron chi connectivity index (χ3n) is 5.60. The van der Waals surface area contributed by atoms with E-state index in [1.54, 1.807) is 6.08 Å². The van der Waals surface area contributed by atoms with Crippen molar-refractivity contribution in [2.75, 3.05) is 6.54 Å². The van der Waals surface area contributed by atoms with E-state index in [2.05, 4.69) is 39.8 Å². The van der Waals surface area contributed by atoms with Crippen molar-refractivity contribution in [3.8, 4) is 0 Å². The first kappa shape index (κ1) is 15.6. The van der Waals surface area contributed by atoms with Gasteiger partial charge in [-0.1, -0.05) is 30.7 Å². The number of carbonyl (C=O) groups excluding carboxylic acids is 1. The summed E-state index contributed by atoms with van der Waals surface area (Å²) in [5, 5.41) is 6.60. The van der Waals surface area contributed by atoms with Gasteiger partial charge in [-0.05, 0) is 24.5 Å². The third kappa shape index (κ3) is 2.69. The van der Waals surface area contributed by atoms with Gasteiger partial charge in [-0.3, -0.25) is 4.79 Å². The number of amides is 1. The summed E-state index contributed by atoms with van der Waals surface area (Å²) >= 11 is 0. The lowest BCUT2D eigenvalue weighted by molar-refractivity contribution is -0.115. The Morgan fingerprint density at radius 3 is 2.81 bits per heavy atom. The standard InChI is InChI=1S/C21H22N4O/c26-19-9-8-16-13-23-21(25-11-10-18(24-19)20(16)25)15-6-4-14(5-7-15)12-22-17-2-1-3-17/h4-9,13,17,22H,1-3,10-12H2,(H,24,26). The van der Waals surface area contributed by atoms with Crippen LogP contribution < -0.4 is 10.6 Å². The Bertz CT molecular complexity index is 872. The van der Waals surface area contributed by atoms with Gasteiger partial charge in [-0.2, -0.15) is 0 Å². The van der Waals surface area contributed by atoms with E-state index in [9.17, 15) is 4.79 Å². The lowest BCUT2D eigenvalue weighted by Gasteiger charge is -2.28. The number of rotatable bonds is 4. The molecule has 132 valence electrons. The van der Waals surface area contributed by atoms with E-state index < -0.39 is 0 Å². The molecule has 1 fully saturated rings. The average Bonchev–Trinajstić information content (AvgIpc) is 2.95. The van der Waals surface area contributed by atoms with Crippen molar-refractivity contribution < 1.29 is 4.79 Å². The van der Waals surface area contributed by atoms with Crippen molar-refractivity contribution in [1.29, 1.82) is 0 Å². The first-order valence-corrected chi connectivity index (χ1v) is 9.39. The van der Waals surface area contributed by atoms with Gasteiger partial charge in [0, 0.05) is 54.7 Å². The highest BCUT2D eigenvalue weighted by molar-refractivity contribution is 6.02. The third-order valence-corrected chi connectivity index (χ3v) is 5.60. The highest BCUT2D eigenvalue weighted by atomic mass is 16.1. The predicted octanol–water partition coefficient (Wildman–Crippen LogP) is 2.58. The molecule has 0 atom stereocenters. The molecule has 4 aliphatic rings. The predicted molar refractivity (Wildman–Crippen MR) is 101 cm³/mol. The summed E-state index contributed by atoms with van der Waals surface area (Å²) in [5.74, 6) is 0.899. The van der Waals surface area contributed by atoms with Crippen molar-refractivity contribution >= 4 is 11.7 Å². The van der Waals surface area contributed by atoms with E-state index in [4.69, 9.17) is 4.99 Å². The van der Waals surface area contributed by atoms with Gasteiger partial charge in [-0.15, -0.1) is 0 Å². The van der Waals surface area contributed by atoms with Crippen LogP contribution in [0.15, 0.2) is 64.6 Å². The molecule has 0 bridgehead atoms. The summed E-state index contributed by atoms with van der Waals surface area (Å²) in [4.78, 5) is 18.7. The molecular formula is C21H22N4O. The molecule has 0 unspecified atom stereocenters. The minimum Gasteiger partial charge on any atom is -0.324 e. The number of amidine groups is 1. The zero-order chi connectivity index (χ0) is 17.5. The lowest BCUT2D eigenvalue weighted by Crippen LogP contribution is -2.34. The molecule has 3 aliphatic heterocycles. The molecule has 0 aromatic heterocycles. The maximum absolute atomic E-state index is 11.8. The van der Waals surface area contributed by atoms with Gasteiger partial charge in [0.05, 0.1) is 5.70 Å². The maximum atomic E-state index is 11.8. The summed E-state index contributed by atoms with van der Waals surface area (Å²) in [5.41, 5.74) is 5.51. The Balaban J connectivity index is 1.39. The van der Waals surface area contributed by atoms with Crippen LogP contribution in [-0.4, -0.2) is 29.2 Å². The van der Waals surface area contributed by atoms with Crippen LogP contribution in [0.5, 0.6) is 0 Å². The number of carbonyl (C=O) groups is 1. The summed E-state index contributed by atoms with van der Waals surface area (Å²) in [6.45, 7) is 1.78. The molecule has 2 N–H and O–H groups in total. The largest absolute Gasteiger partial charge is 0.324 e. The molecule has 0 spiro atoms. The molecule has 5 heteroatoms. The molecule has 0 saturated heterocycles. The van der Waals surface area contributed by atoms with Crippen LogP contribution in [0.1, 0.15) is 36.8 Å². The number of benzene rings is 1. The fraction of sp³-hybridized carbons (Fsp3) is 0.333. The van der Waals surface area contributed by atoms with Crippen LogP contribution in [0.25, 0.3) is 0 Å². The second-order valence-electron chi connectivity index (χ2n) is 7.29. The zero-order valence-corrected chi connectivity index (χ0v) is 14.7. The van der Waals surface area contributed by atoms with Crippen LogP contribution in [-0.2, 0) is 11.3 Å². The van der Waals surface area contributed by atoms with Crippen LogP contribution in [0.2, 0.25) is 0 Å². The van der Waals surface area contributed by atoms with Crippen LogP contribution >= 0.6 is 0 Å². The van der Waals surface area contributed by atoms with Crippen molar-refractivity contribution in [2.45, 2.75) is 38.3 Å². The van der Waals surface area contributed by atoms with E-state index in [1.165, 1.54) is 24.8 Å². The summed E-state index contributed by atoms with van der Waals surface area (Å²) in [7, 11) is 0. The van der Waals surface area contributed by atoms with E-state index in [-0.39, 0.29) is 5.91 Å². The van der Waals surface area contributed by atoms with Gasteiger partial charge in [-0.25, -0.2) is 4.99 Å². The fourth-order valence-corrected chi connectivity index (χ4v) is 3.90. The topological polar surface area (TPSA) is 56.7 Å². The Labute approximate surface area is 153 Å². The van der Waals surface area contributed by atoms with E-state index in [0.717, 1.165) is 47.9 Å². The molecule has 1 aromatic rings. The second kappa shape index (κ2) is 6.25. The van der Waals surface area contributed by atoms with Crippen molar-refractivity contribution in [2.24, 2.45) is 4.99 Å². The highest BCUT2D eigenvalue weighted by Gasteiger charge is 2.32. The maximum Gasteiger partial charge on any atom is 0.248 e. The Kier molecular flexibility index (Phi) is 3.75. The lowest BCUT2D eigenvalue weighted by atomic mass is 9.93. The Morgan fingerprint density at radius 2 is 2.04 bits per heavy atom. The van der Waals surface area contributed by atoms with E-state index >= 15 is 0 Å². The van der Waals surface area contributed by atoms with E-state index in [1.807, 2.05) is 12.3 Å². The molecule has 1 aliphatic carbocycles. The van der Waals surface area contributed by atoms with Crippen molar-refractivity contribution in [3.05, 3.63) is 70.7 Å². The number of nitrogens with zero attached hydrogens (tertiary/aromatic N) is 2. The van der Waals surface area contributed by atoms with Crippen molar-refractivity contribution in [3.63, 3.8) is 0 Å². The number of hydrogen-bond donors (Lipinski definition) is 2. The van der Waals surface area contributed by atoms with Crippen LogP contribution in [0.3, 0.4) is 0 Å². The van der Waals surface area contributed by atoms with Gasteiger partial charge in [0.2, 0.25) is 5.91 Å². The zero-order valence-electron chi connectivity index (χ0n) is 14.7. The molecule has 26 heavy (non-hydrogen) atoms. The van der Waals surface area contributed by atoms with Gasteiger partial charge in [0.25, 0.3) is 0 Å². The van der Waals surface area contributed by atoms with Gasteiger partial charge < -0.3 is 15.5 Å². The molecular weight excluding hydrogens is 324 g/mol. The quantitative estimate of drug-likeness (QED) is 0.881. The molecule has 5 nitrogen and oxygen atoms in total. The number of nitrogens with one attached hydrogen (secondary N) is 2. The molecule has 3 heterocycles. The number of allylic oxidation sites excluding steroid dienone is 1. The molecule has 1 amide bonds. The second-order valence-corrected chi connectivity index (χ2v) is 7.29. The van der Waals surface area contributed by atoms with Crippen molar-refractivity contribution in [1.82, 2.24) is 15.5 Å². The molecule has 1 aromatic carbocycles. The summed E-state index contributed by atoms with van der Waals surface area (Å²) < 4.78 is 0. The van der Waals surface area contributed by atoms with E-state index in [0.29, 0.717) is 6.04 Å². The average molecular weight is 346 g/mol. The highest BCUT2D eigenvalue weighted by Crippen LogP contribution is 2.34. The number of hydrogen-bond acceptors (Lipinski definition) is 4. The Morgan fingerprint density at radius 1 is 1.19 bits per heavy atom. The first-order chi connectivity index (χ1) is 12.8. The van der Waals surface area contributed by atoms with Crippen LogP contribution in [0, 0.1) is 0 Å². The SMILES string of the molecule is O=C1C=CC2=CN=C(c3ccc(CNC4CCC4)cc3)N3CCC(=C23)N1. The van der Waals surface area contributed by atoms with Gasteiger partial charge in [0.1, 0.15) is 5.84 Å². The van der Waals surface area contributed by atoms with Gasteiger partial charge >= 0.3 is 0 Å². The molecule has 1 saturated carbocycles. The minimum atomic E-state index is -0.0606. The fourth-order valence-electron chi connectivity index (χ4n) is 3.90. The number of aliphatic imine (C=N–C) groups is 1. The summed E-state index contributed by atoms with van der Waals surface area (Å²) in [6, 6.07) is 9.37. The molecule has 5 rings (SSSR count). The van der Waals surface area contributed by atoms with Gasteiger partial charge in [0.15, 0.2) is 0 Å². The minimum absolute atomic E-state index is 0.0606. The smallest absolute Gasteiger partial charge is 0.248 e. The normalized spacial score (nSPS) is 21.7.